The molecule has 0 radical (unpaired) electrons. The second kappa shape index (κ2) is 8.62. The zero-order valence-corrected chi connectivity index (χ0v) is 15.3. The topological polar surface area (TPSA) is 70.6 Å². The number of aromatic nitrogens is 2. The fourth-order valence-corrected chi connectivity index (χ4v) is 2.88. The normalized spacial score (nSPS) is 14.9. The smallest absolute Gasteiger partial charge is 0.274 e. The summed E-state index contributed by atoms with van der Waals surface area (Å²) in [6, 6.07) is 11.5. The van der Waals surface area contributed by atoms with E-state index in [1.165, 1.54) is 5.56 Å². The van der Waals surface area contributed by atoms with Gasteiger partial charge in [0.25, 0.3) is 5.91 Å². The number of nitrogens with zero attached hydrogens (tertiary/aromatic N) is 4. The number of hydrogen-bond acceptors (Lipinski definition) is 6. The number of nitrogens with one attached hydrogen (secondary N) is 1. The summed E-state index contributed by atoms with van der Waals surface area (Å²) in [4.78, 5) is 16.5. The zero-order valence-electron chi connectivity index (χ0n) is 15.3. The molecule has 3 rings (SSSR count). The summed E-state index contributed by atoms with van der Waals surface area (Å²) < 4.78 is 5.23. The molecule has 0 atom stereocenters. The van der Waals surface area contributed by atoms with Crippen LogP contribution < -0.4 is 10.1 Å². The maximum atomic E-state index is 12.4. The Morgan fingerprint density at radius 1 is 1.15 bits per heavy atom. The van der Waals surface area contributed by atoms with Crippen molar-refractivity contribution in [3.05, 3.63) is 47.7 Å². The van der Waals surface area contributed by atoms with Crippen LogP contribution in [0.3, 0.4) is 0 Å². The zero-order chi connectivity index (χ0) is 18.4. The first-order chi connectivity index (χ1) is 12.7. The molecule has 7 nitrogen and oxygen atoms in total. The highest BCUT2D eigenvalue weighted by Gasteiger charge is 2.21. The number of carbonyl (C=O) groups excluding carboxylic acids is 1. The van der Waals surface area contributed by atoms with Crippen molar-refractivity contribution in [1.82, 2.24) is 20.0 Å². The molecule has 1 N–H and O–H groups in total. The molecule has 1 saturated heterocycles. The van der Waals surface area contributed by atoms with Crippen LogP contribution in [0.2, 0.25) is 0 Å². The number of hydrogen-bond donors (Lipinski definition) is 1. The minimum atomic E-state index is -0.0477. The molecule has 1 fully saturated rings. The molecule has 2 heterocycles. The number of rotatable bonds is 6. The molecule has 0 spiro atoms. The molecule has 138 valence electrons. The van der Waals surface area contributed by atoms with E-state index in [2.05, 4.69) is 33.5 Å². The summed E-state index contributed by atoms with van der Waals surface area (Å²) in [5.41, 5.74) is 1.58. The number of amides is 1. The SMILES string of the molecule is COc1cccc(CCNc2ccc(C(=O)N3CCN(C)CC3)nn2)c1. The van der Waals surface area contributed by atoms with E-state index in [-0.39, 0.29) is 5.91 Å². The highest BCUT2D eigenvalue weighted by atomic mass is 16.5. The molecule has 0 aliphatic carbocycles. The minimum Gasteiger partial charge on any atom is -0.497 e. The lowest BCUT2D eigenvalue weighted by atomic mass is 10.1. The standard InChI is InChI=1S/C19H25N5O2/c1-23-10-12-24(13-11-23)19(25)17-6-7-18(22-21-17)20-9-8-15-4-3-5-16(14-15)26-2/h3-7,14H,8-13H2,1-2H3,(H,20,22). The van der Waals surface area contributed by atoms with Crippen LogP contribution in [0.1, 0.15) is 16.1 Å². The van der Waals surface area contributed by atoms with Crippen molar-refractivity contribution in [3.63, 3.8) is 0 Å². The first-order valence-corrected chi connectivity index (χ1v) is 8.84. The first kappa shape index (κ1) is 18.1. The van der Waals surface area contributed by atoms with Gasteiger partial charge in [-0.2, -0.15) is 0 Å². The maximum Gasteiger partial charge on any atom is 0.274 e. The molecule has 1 aliphatic rings. The van der Waals surface area contributed by atoms with Crippen LogP contribution in [-0.2, 0) is 6.42 Å². The molecule has 2 aromatic rings. The lowest BCUT2D eigenvalue weighted by Crippen LogP contribution is -2.47. The monoisotopic (exact) mass is 355 g/mol. The minimum absolute atomic E-state index is 0.0477. The summed E-state index contributed by atoms with van der Waals surface area (Å²) in [6.45, 7) is 3.98. The van der Waals surface area contributed by atoms with Crippen molar-refractivity contribution in [3.8, 4) is 5.75 Å². The van der Waals surface area contributed by atoms with Gasteiger partial charge in [-0.05, 0) is 43.3 Å². The molecular weight excluding hydrogens is 330 g/mol. The summed E-state index contributed by atoms with van der Waals surface area (Å²) >= 11 is 0. The molecule has 26 heavy (non-hydrogen) atoms. The molecule has 0 saturated carbocycles. The third-order valence-corrected chi connectivity index (χ3v) is 4.53. The van der Waals surface area contributed by atoms with E-state index in [1.807, 2.05) is 29.2 Å². The van der Waals surface area contributed by atoms with Crippen molar-refractivity contribution in [2.45, 2.75) is 6.42 Å². The Morgan fingerprint density at radius 3 is 2.65 bits per heavy atom. The Kier molecular flexibility index (Phi) is 6.01. The Balaban J connectivity index is 1.50. The number of methoxy groups -OCH3 is 1. The van der Waals surface area contributed by atoms with Gasteiger partial charge in [-0.25, -0.2) is 0 Å². The van der Waals surface area contributed by atoms with Crippen LogP contribution in [0.5, 0.6) is 5.75 Å². The Bertz CT molecular complexity index is 727. The molecular formula is C19H25N5O2. The van der Waals surface area contributed by atoms with E-state index in [4.69, 9.17) is 4.74 Å². The summed E-state index contributed by atoms with van der Waals surface area (Å²) in [5.74, 6) is 1.48. The maximum absolute atomic E-state index is 12.4. The van der Waals surface area contributed by atoms with Crippen molar-refractivity contribution in [2.75, 3.05) is 52.2 Å². The third kappa shape index (κ3) is 4.70. The lowest BCUT2D eigenvalue weighted by Gasteiger charge is -2.32. The number of ether oxygens (including phenoxy) is 1. The molecule has 7 heteroatoms. The third-order valence-electron chi connectivity index (χ3n) is 4.53. The van der Waals surface area contributed by atoms with Crippen LogP contribution in [0.25, 0.3) is 0 Å². The van der Waals surface area contributed by atoms with E-state index in [9.17, 15) is 4.79 Å². The highest BCUT2D eigenvalue weighted by Crippen LogP contribution is 2.13. The Labute approximate surface area is 154 Å². The Hall–Kier alpha value is -2.67. The second-order valence-electron chi connectivity index (χ2n) is 6.43. The summed E-state index contributed by atoms with van der Waals surface area (Å²) in [6.07, 6.45) is 0.848. The van der Waals surface area contributed by atoms with Crippen LogP contribution in [-0.4, -0.2) is 72.8 Å². The number of likely N-dealkylation sites (N-methyl/N-ethyl adjacent to an activating group) is 1. The van der Waals surface area contributed by atoms with E-state index in [1.54, 1.807) is 13.2 Å². The van der Waals surface area contributed by atoms with Crippen LogP contribution >= 0.6 is 0 Å². The van der Waals surface area contributed by atoms with Crippen LogP contribution in [0, 0.1) is 0 Å². The summed E-state index contributed by atoms with van der Waals surface area (Å²) in [5, 5.41) is 11.5. The first-order valence-electron chi connectivity index (χ1n) is 8.84. The van der Waals surface area contributed by atoms with Crippen LogP contribution in [0.15, 0.2) is 36.4 Å². The molecule has 1 aromatic heterocycles. The summed E-state index contributed by atoms with van der Waals surface area (Å²) in [7, 11) is 3.73. The van der Waals surface area contributed by atoms with Crippen molar-refractivity contribution < 1.29 is 9.53 Å². The van der Waals surface area contributed by atoms with Crippen molar-refractivity contribution in [2.24, 2.45) is 0 Å². The van der Waals surface area contributed by atoms with Crippen molar-refractivity contribution >= 4 is 11.7 Å². The van der Waals surface area contributed by atoms with E-state index < -0.39 is 0 Å². The van der Waals surface area contributed by atoms with Gasteiger partial charge in [0.2, 0.25) is 0 Å². The highest BCUT2D eigenvalue weighted by molar-refractivity contribution is 5.92. The number of anilines is 1. The average molecular weight is 355 g/mol. The van der Waals surface area contributed by atoms with Gasteiger partial charge in [-0.3, -0.25) is 4.79 Å². The van der Waals surface area contributed by atoms with Gasteiger partial charge in [0, 0.05) is 32.7 Å². The van der Waals surface area contributed by atoms with Gasteiger partial charge >= 0.3 is 0 Å². The molecule has 1 aliphatic heterocycles. The average Bonchev–Trinajstić information content (AvgIpc) is 2.69. The second-order valence-corrected chi connectivity index (χ2v) is 6.43. The van der Waals surface area contributed by atoms with Gasteiger partial charge in [0.05, 0.1) is 7.11 Å². The van der Waals surface area contributed by atoms with Gasteiger partial charge < -0.3 is 19.9 Å². The van der Waals surface area contributed by atoms with E-state index in [0.29, 0.717) is 11.5 Å². The van der Waals surface area contributed by atoms with Crippen LogP contribution in [0.4, 0.5) is 5.82 Å². The molecule has 1 aromatic carbocycles. The van der Waals surface area contributed by atoms with Gasteiger partial charge in [0.1, 0.15) is 11.6 Å². The van der Waals surface area contributed by atoms with Crippen molar-refractivity contribution in [1.29, 1.82) is 0 Å². The molecule has 0 bridgehead atoms. The fraction of sp³-hybridized carbons (Fsp3) is 0.421. The van der Waals surface area contributed by atoms with E-state index in [0.717, 1.165) is 44.9 Å². The predicted molar refractivity (Wildman–Crippen MR) is 101 cm³/mol. The van der Waals surface area contributed by atoms with Gasteiger partial charge in [0.15, 0.2) is 5.69 Å². The van der Waals surface area contributed by atoms with Gasteiger partial charge in [-0.15, -0.1) is 10.2 Å². The predicted octanol–water partition coefficient (Wildman–Crippen LogP) is 1.53. The quantitative estimate of drug-likeness (QED) is 0.847. The number of carbonyl (C=O) groups is 1. The number of piperazine rings is 1. The van der Waals surface area contributed by atoms with Gasteiger partial charge in [-0.1, -0.05) is 12.1 Å². The molecule has 1 amide bonds. The van der Waals surface area contributed by atoms with E-state index >= 15 is 0 Å². The Morgan fingerprint density at radius 2 is 1.96 bits per heavy atom. The number of benzene rings is 1. The largest absolute Gasteiger partial charge is 0.497 e. The lowest BCUT2D eigenvalue weighted by molar-refractivity contribution is 0.0657. The fourth-order valence-electron chi connectivity index (χ4n) is 2.88. The molecule has 0 unspecified atom stereocenters.